The Kier molecular flexibility index (Phi) is 6.05. The van der Waals surface area contributed by atoms with Crippen molar-refractivity contribution in [2.45, 2.75) is 38.0 Å². The van der Waals surface area contributed by atoms with Crippen LogP contribution in [0.2, 0.25) is 0 Å². The summed E-state index contributed by atoms with van der Waals surface area (Å²) in [5.74, 6) is 0.200. The van der Waals surface area contributed by atoms with E-state index in [-0.39, 0.29) is 17.2 Å². The molecular weight excluding hydrogens is 376 g/mol. The molecular formula is C21H26N2O4S. The molecule has 0 radical (unpaired) electrons. The van der Waals surface area contributed by atoms with E-state index in [1.165, 1.54) is 29.1 Å². The second-order valence-electron chi connectivity index (χ2n) is 7.12. The van der Waals surface area contributed by atoms with E-state index >= 15 is 0 Å². The first kappa shape index (κ1) is 20.4. The molecule has 0 aliphatic carbocycles. The van der Waals surface area contributed by atoms with Gasteiger partial charge >= 0.3 is 0 Å². The van der Waals surface area contributed by atoms with Gasteiger partial charge in [-0.15, -0.1) is 0 Å². The topological polar surface area (TPSA) is 75.7 Å². The summed E-state index contributed by atoms with van der Waals surface area (Å²) in [6, 6.07) is 10.5. The first-order valence-corrected chi connectivity index (χ1v) is 10.8. The van der Waals surface area contributed by atoms with Crippen LogP contribution in [-0.4, -0.2) is 38.8 Å². The molecule has 28 heavy (non-hydrogen) atoms. The molecule has 0 bridgehead atoms. The molecule has 0 spiro atoms. The Morgan fingerprint density at radius 1 is 1.07 bits per heavy atom. The number of carbonyl (C=O) groups excluding carboxylic acids is 1. The minimum Gasteiger partial charge on any atom is -0.495 e. The molecule has 1 aliphatic rings. The lowest BCUT2D eigenvalue weighted by Gasteiger charge is -2.17. The molecule has 2 aromatic rings. The van der Waals surface area contributed by atoms with Crippen LogP contribution in [0, 0.1) is 13.8 Å². The van der Waals surface area contributed by atoms with Gasteiger partial charge in [-0.05, 0) is 61.6 Å². The van der Waals surface area contributed by atoms with E-state index in [0.29, 0.717) is 24.5 Å². The van der Waals surface area contributed by atoms with Crippen molar-refractivity contribution in [3.8, 4) is 5.75 Å². The highest BCUT2D eigenvalue weighted by molar-refractivity contribution is 7.89. The Morgan fingerprint density at radius 3 is 2.43 bits per heavy atom. The summed E-state index contributed by atoms with van der Waals surface area (Å²) in [5, 5.41) is 2.80. The second kappa shape index (κ2) is 8.32. The predicted octanol–water partition coefficient (Wildman–Crippen LogP) is 3.28. The van der Waals surface area contributed by atoms with E-state index in [9.17, 15) is 13.2 Å². The van der Waals surface area contributed by atoms with E-state index in [4.69, 9.17) is 4.74 Å². The Balaban J connectivity index is 1.81. The van der Waals surface area contributed by atoms with Crippen molar-refractivity contribution in [2.24, 2.45) is 0 Å². The fraction of sp³-hybridized carbons (Fsp3) is 0.381. The van der Waals surface area contributed by atoms with Gasteiger partial charge in [0.15, 0.2) is 0 Å². The number of amides is 1. The Hall–Kier alpha value is -2.38. The average molecular weight is 403 g/mol. The van der Waals surface area contributed by atoms with E-state index in [2.05, 4.69) is 5.32 Å². The molecule has 3 rings (SSSR count). The molecule has 6 nitrogen and oxygen atoms in total. The highest BCUT2D eigenvalue weighted by Crippen LogP contribution is 2.30. The third-order valence-electron chi connectivity index (χ3n) is 5.08. The number of hydrogen-bond donors (Lipinski definition) is 1. The predicted molar refractivity (Wildman–Crippen MR) is 109 cm³/mol. The number of aryl methyl sites for hydroxylation is 2. The lowest BCUT2D eigenvalue weighted by atomic mass is 10.0. The van der Waals surface area contributed by atoms with Crippen LogP contribution in [0.4, 0.5) is 5.69 Å². The van der Waals surface area contributed by atoms with Crippen LogP contribution in [0.1, 0.15) is 29.5 Å². The van der Waals surface area contributed by atoms with Crippen LogP contribution in [0.15, 0.2) is 41.3 Å². The van der Waals surface area contributed by atoms with Gasteiger partial charge in [0, 0.05) is 13.1 Å². The molecule has 1 N–H and O–H groups in total. The molecule has 0 atom stereocenters. The third-order valence-corrected chi connectivity index (χ3v) is 6.98. The van der Waals surface area contributed by atoms with Crippen LogP contribution >= 0.6 is 0 Å². The monoisotopic (exact) mass is 402 g/mol. The van der Waals surface area contributed by atoms with Crippen LogP contribution in [0.3, 0.4) is 0 Å². The lowest BCUT2D eigenvalue weighted by Crippen LogP contribution is -2.28. The largest absolute Gasteiger partial charge is 0.495 e. The van der Waals surface area contributed by atoms with Gasteiger partial charge in [-0.25, -0.2) is 8.42 Å². The number of hydrogen-bond acceptors (Lipinski definition) is 4. The number of nitrogens with one attached hydrogen (secondary N) is 1. The van der Waals surface area contributed by atoms with Gasteiger partial charge in [0.2, 0.25) is 15.9 Å². The lowest BCUT2D eigenvalue weighted by molar-refractivity contribution is -0.115. The summed E-state index contributed by atoms with van der Waals surface area (Å²) in [7, 11) is -2.08. The number of benzene rings is 2. The normalized spacial score (nSPS) is 14.8. The van der Waals surface area contributed by atoms with Crippen LogP contribution in [0.5, 0.6) is 5.75 Å². The second-order valence-corrected chi connectivity index (χ2v) is 9.05. The smallest absolute Gasteiger partial charge is 0.243 e. The fourth-order valence-electron chi connectivity index (χ4n) is 3.32. The van der Waals surface area contributed by atoms with E-state index in [0.717, 1.165) is 24.0 Å². The fourth-order valence-corrected chi connectivity index (χ4v) is 4.86. The summed E-state index contributed by atoms with van der Waals surface area (Å²) < 4.78 is 32.4. The van der Waals surface area contributed by atoms with Gasteiger partial charge in [-0.3, -0.25) is 4.79 Å². The van der Waals surface area contributed by atoms with Crippen LogP contribution < -0.4 is 10.1 Å². The number of anilines is 1. The molecule has 0 aromatic heterocycles. The van der Waals surface area contributed by atoms with Crippen molar-refractivity contribution in [2.75, 3.05) is 25.5 Å². The maximum absolute atomic E-state index is 12.8. The highest BCUT2D eigenvalue weighted by Gasteiger charge is 2.28. The quantitative estimate of drug-likeness (QED) is 0.805. The molecule has 150 valence electrons. The summed E-state index contributed by atoms with van der Waals surface area (Å²) in [5.41, 5.74) is 3.56. The molecule has 1 heterocycles. The molecule has 2 aromatic carbocycles. The maximum Gasteiger partial charge on any atom is 0.243 e. The van der Waals surface area contributed by atoms with Gasteiger partial charge in [0.05, 0.1) is 24.1 Å². The van der Waals surface area contributed by atoms with E-state index < -0.39 is 10.0 Å². The molecule has 0 unspecified atom stereocenters. The van der Waals surface area contributed by atoms with Crippen molar-refractivity contribution < 1.29 is 17.9 Å². The van der Waals surface area contributed by atoms with Crippen LogP contribution in [0.25, 0.3) is 0 Å². The van der Waals surface area contributed by atoms with E-state index in [1.807, 2.05) is 32.0 Å². The molecule has 1 aliphatic heterocycles. The third kappa shape index (κ3) is 4.36. The van der Waals surface area contributed by atoms with Crippen molar-refractivity contribution in [1.82, 2.24) is 4.31 Å². The Morgan fingerprint density at radius 2 is 1.79 bits per heavy atom. The number of rotatable bonds is 6. The van der Waals surface area contributed by atoms with Gasteiger partial charge in [-0.1, -0.05) is 18.2 Å². The summed E-state index contributed by atoms with van der Waals surface area (Å²) >= 11 is 0. The molecule has 0 saturated carbocycles. The zero-order valence-electron chi connectivity index (χ0n) is 16.5. The van der Waals surface area contributed by atoms with Crippen molar-refractivity contribution in [1.29, 1.82) is 0 Å². The summed E-state index contributed by atoms with van der Waals surface area (Å²) in [6.07, 6.45) is 1.94. The van der Waals surface area contributed by atoms with Crippen LogP contribution in [-0.2, 0) is 21.2 Å². The van der Waals surface area contributed by atoms with Gasteiger partial charge in [0.25, 0.3) is 0 Å². The summed E-state index contributed by atoms with van der Waals surface area (Å²) in [4.78, 5) is 12.7. The number of sulfonamides is 1. The maximum atomic E-state index is 12.8. The minimum atomic E-state index is -3.56. The first-order chi connectivity index (χ1) is 13.3. The van der Waals surface area contributed by atoms with E-state index in [1.54, 1.807) is 6.07 Å². The number of ether oxygens (including phenoxy) is 1. The zero-order valence-corrected chi connectivity index (χ0v) is 17.3. The zero-order chi connectivity index (χ0) is 20.3. The minimum absolute atomic E-state index is 0.164. The standard InChI is InChI=1S/C21H26N2O4S/c1-15-6-7-17(12-16(15)2)13-21(24)22-19-14-18(8-9-20(19)27-3)28(25,26)23-10-4-5-11-23/h6-9,12,14H,4-5,10-11,13H2,1-3H3,(H,22,24). The van der Waals surface area contributed by atoms with Crippen molar-refractivity contribution in [3.05, 3.63) is 53.1 Å². The van der Waals surface area contributed by atoms with Gasteiger partial charge in [-0.2, -0.15) is 4.31 Å². The number of carbonyl (C=O) groups is 1. The number of nitrogens with zero attached hydrogens (tertiary/aromatic N) is 1. The molecule has 1 saturated heterocycles. The summed E-state index contributed by atoms with van der Waals surface area (Å²) in [6.45, 7) is 5.09. The average Bonchev–Trinajstić information content (AvgIpc) is 3.20. The van der Waals surface area contributed by atoms with Gasteiger partial charge in [0.1, 0.15) is 5.75 Å². The Labute approximate surface area is 166 Å². The first-order valence-electron chi connectivity index (χ1n) is 9.35. The van der Waals surface area contributed by atoms with Gasteiger partial charge < -0.3 is 10.1 Å². The Bertz CT molecular complexity index is 980. The van der Waals surface area contributed by atoms with Crippen molar-refractivity contribution >= 4 is 21.6 Å². The SMILES string of the molecule is COc1ccc(S(=O)(=O)N2CCCC2)cc1NC(=O)Cc1ccc(C)c(C)c1. The molecule has 7 heteroatoms. The highest BCUT2D eigenvalue weighted by atomic mass is 32.2. The molecule has 1 fully saturated rings. The molecule has 1 amide bonds. The number of methoxy groups -OCH3 is 1. The van der Waals surface area contributed by atoms with Crippen molar-refractivity contribution in [3.63, 3.8) is 0 Å².